The second-order valence-electron chi connectivity index (χ2n) is 6.44. The van der Waals surface area contributed by atoms with Gasteiger partial charge in [0.1, 0.15) is 10.3 Å². The molecule has 1 heterocycles. The first-order valence-electron chi connectivity index (χ1n) is 7.82. The van der Waals surface area contributed by atoms with E-state index in [0.717, 1.165) is 17.6 Å². The number of halogens is 2. The number of pyridine rings is 1. The van der Waals surface area contributed by atoms with Crippen LogP contribution < -0.4 is 5.32 Å². The predicted octanol–water partition coefficient (Wildman–Crippen LogP) is 4.77. The van der Waals surface area contributed by atoms with Crippen molar-refractivity contribution in [1.82, 2.24) is 10.3 Å². The molecule has 1 saturated carbocycles. The van der Waals surface area contributed by atoms with Crippen LogP contribution >= 0.6 is 23.2 Å². The van der Waals surface area contributed by atoms with Gasteiger partial charge in [-0.1, -0.05) is 49.2 Å². The van der Waals surface area contributed by atoms with E-state index in [9.17, 15) is 4.79 Å². The fourth-order valence-corrected chi connectivity index (χ4v) is 2.87. The molecule has 1 aliphatic carbocycles. The number of rotatable bonds is 6. The zero-order chi connectivity index (χ0) is 17.0. The van der Waals surface area contributed by atoms with Crippen molar-refractivity contribution in [3.05, 3.63) is 51.8 Å². The molecular formula is C18H22Cl2N2O. The number of carbonyl (C=O) groups excluding carboxylic acids is 1. The number of allylic oxidation sites excluding steroid dienone is 3. The number of nitrogens with zero attached hydrogens (tertiary/aromatic N) is 1. The van der Waals surface area contributed by atoms with Crippen LogP contribution in [-0.2, 0) is 4.79 Å². The molecule has 1 N–H and O–H groups in total. The van der Waals surface area contributed by atoms with Crippen LogP contribution in [0, 0.1) is 11.8 Å². The number of aromatic nitrogens is 1. The molecule has 1 aliphatic rings. The van der Waals surface area contributed by atoms with Crippen molar-refractivity contribution in [1.29, 1.82) is 0 Å². The number of hydrogen-bond donors (Lipinski definition) is 1. The summed E-state index contributed by atoms with van der Waals surface area (Å²) in [7, 11) is 0. The van der Waals surface area contributed by atoms with E-state index in [1.165, 1.54) is 0 Å². The summed E-state index contributed by atoms with van der Waals surface area (Å²) < 4.78 is 0. The van der Waals surface area contributed by atoms with Gasteiger partial charge in [0.25, 0.3) is 0 Å². The van der Waals surface area contributed by atoms with Crippen molar-refractivity contribution >= 4 is 29.1 Å². The van der Waals surface area contributed by atoms with E-state index in [0.29, 0.717) is 34.6 Å². The minimum atomic E-state index is -0.0408. The van der Waals surface area contributed by atoms with E-state index in [2.05, 4.69) is 30.2 Å². The Morgan fingerprint density at radius 3 is 2.65 bits per heavy atom. The lowest BCUT2D eigenvalue weighted by Crippen LogP contribution is -2.25. The highest BCUT2D eigenvalue weighted by atomic mass is 35.5. The maximum Gasteiger partial charge on any atom is 0.244 e. The summed E-state index contributed by atoms with van der Waals surface area (Å²) in [6, 6.07) is 3.74. The van der Waals surface area contributed by atoms with Gasteiger partial charge in [-0.2, -0.15) is 0 Å². The van der Waals surface area contributed by atoms with Gasteiger partial charge in [-0.05, 0) is 54.4 Å². The SMILES string of the molecule is CC(/C=C/C1CC1c1cc(Cl)nc(Cl)c1)=C\C(=O)NCC(C)C. The van der Waals surface area contributed by atoms with E-state index in [4.69, 9.17) is 23.2 Å². The van der Waals surface area contributed by atoms with Crippen LogP contribution in [0.5, 0.6) is 0 Å². The van der Waals surface area contributed by atoms with Crippen molar-refractivity contribution in [2.45, 2.75) is 33.1 Å². The third kappa shape index (κ3) is 6.00. The summed E-state index contributed by atoms with van der Waals surface area (Å²) in [6.45, 7) is 6.77. The third-order valence-electron chi connectivity index (χ3n) is 3.70. The molecule has 3 nitrogen and oxygen atoms in total. The Morgan fingerprint density at radius 2 is 2.04 bits per heavy atom. The maximum absolute atomic E-state index is 11.7. The van der Waals surface area contributed by atoms with Crippen LogP contribution in [0.1, 0.15) is 38.7 Å². The monoisotopic (exact) mass is 352 g/mol. The normalized spacial score (nSPS) is 21.0. The molecule has 2 unspecified atom stereocenters. The highest BCUT2D eigenvalue weighted by Crippen LogP contribution is 2.49. The molecule has 1 fully saturated rings. The summed E-state index contributed by atoms with van der Waals surface area (Å²) in [6.07, 6.45) is 6.86. The molecule has 5 heteroatoms. The van der Waals surface area contributed by atoms with Gasteiger partial charge in [0.05, 0.1) is 0 Å². The molecule has 1 amide bonds. The zero-order valence-electron chi connectivity index (χ0n) is 13.6. The van der Waals surface area contributed by atoms with Gasteiger partial charge < -0.3 is 5.32 Å². The molecule has 0 aliphatic heterocycles. The Kier molecular flexibility index (Phi) is 6.25. The van der Waals surface area contributed by atoms with E-state index >= 15 is 0 Å². The Labute approximate surface area is 147 Å². The van der Waals surface area contributed by atoms with Crippen molar-refractivity contribution in [3.8, 4) is 0 Å². The van der Waals surface area contributed by atoms with Crippen molar-refractivity contribution in [3.63, 3.8) is 0 Å². The molecular weight excluding hydrogens is 331 g/mol. The largest absolute Gasteiger partial charge is 0.352 e. The minimum Gasteiger partial charge on any atom is -0.352 e. The average Bonchev–Trinajstić information content (AvgIpc) is 3.21. The van der Waals surface area contributed by atoms with E-state index < -0.39 is 0 Å². The Bertz CT molecular complexity index is 618. The third-order valence-corrected chi connectivity index (χ3v) is 4.09. The molecule has 0 aromatic carbocycles. The van der Waals surface area contributed by atoms with Crippen LogP contribution in [0.3, 0.4) is 0 Å². The Balaban J connectivity index is 1.88. The molecule has 0 bridgehead atoms. The zero-order valence-corrected chi connectivity index (χ0v) is 15.2. The molecule has 23 heavy (non-hydrogen) atoms. The fourth-order valence-electron chi connectivity index (χ4n) is 2.39. The van der Waals surface area contributed by atoms with Crippen molar-refractivity contribution < 1.29 is 4.79 Å². The van der Waals surface area contributed by atoms with Gasteiger partial charge in [0.2, 0.25) is 5.91 Å². The molecule has 124 valence electrons. The highest BCUT2D eigenvalue weighted by molar-refractivity contribution is 6.32. The van der Waals surface area contributed by atoms with Crippen LogP contribution in [0.4, 0.5) is 0 Å². The summed E-state index contributed by atoms with van der Waals surface area (Å²) in [5.74, 6) is 1.31. The summed E-state index contributed by atoms with van der Waals surface area (Å²) in [4.78, 5) is 15.7. The number of hydrogen-bond acceptors (Lipinski definition) is 2. The van der Waals surface area contributed by atoms with E-state index in [1.54, 1.807) is 6.08 Å². The molecule has 0 spiro atoms. The summed E-state index contributed by atoms with van der Waals surface area (Å²) in [5.41, 5.74) is 2.07. The van der Waals surface area contributed by atoms with Gasteiger partial charge in [-0.25, -0.2) is 4.98 Å². The lowest BCUT2D eigenvalue weighted by molar-refractivity contribution is -0.116. The molecule has 1 aromatic rings. The van der Waals surface area contributed by atoms with Crippen LogP contribution in [0.15, 0.2) is 35.9 Å². The Morgan fingerprint density at radius 1 is 1.39 bits per heavy atom. The predicted molar refractivity (Wildman–Crippen MR) is 95.8 cm³/mol. The number of amides is 1. The van der Waals surface area contributed by atoms with E-state index in [1.807, 2.05) is 25.1 Å². The fraction of sp³-hybridized carbons (Fsp3) is 0.444. The lowest BCUT2D eigenvalue weighted by Gasteiger charge is -2.04. The molecule has 2 atom stereocenters. The van der Waals surface area contributed by atoms with Crippen LogP contribution in [0.25, 0.3) is 0 Å². The minimum absolute atomic E-state index is 0.0408. The van der Waals surface area contributed by atoms with Gasteiger partial charge in [-0.15, -0.1) is 0 Å². The van der Waals surface area contributed by atoms with Gasteiger partial charge in [0.15, 0.2) is 0 Å². The van der Waals surface area contributed by atoms with Crippen LogP contribution in [-0.4, -0.2) is 17.4 Å². The van der Waals surface area contributed by atoms with Gasteiger partial charge >= 0.3 is 0 Å². The molecule has 1 aromatic heterocycles. The Hall–Kier alpha value is -1.32. The highest BCUT2D eigenvalue weighted by Gasteiger charge is 2.36. The second kappa shape index (κ2) is 7.98. The molecule has 2 rings (SSSR count). The first-order valence-corrected chi connectivity index (χ1v) is 8.58. The molecule has 0 saturated heterocycles. The standard InChI is InChI=1S/C18H22Cl2N2O/c1-11(2)10-21-18(23)6-12(3)4-5-13-7-15(13)14-8-16(19)22-17(20)9-14/h4-6,8-9,11,13,15H,7,10H2,1-3H3,(H,21,23)/b5-4+,12-6+. The number of nitrogens with one attached hydrogen (secondary N) is 1. The van der Waals surface area contributed by atoms with E-state index in [-0.39, 0.29) is 5.91 Å². The first-order chi connectivity index (χ1) is 10.8. The summed E-state index contributed by atoms with van der Waals surface area (Å²) >= 11 is 11.9. The molecule has 0 radical (unpaired) electrons. The second-order valence-corrected chi connectivity index (χ2v) is 7.21. The smallest absolute Gasteiger partial charge is 0.244 e. The first kappa shape index (κ1) is 18.0. The lowest BCUT2D eigenvalue weighted by atomic mass is 10.1. The summed E-state index contributed by atoms with van der Waals surface area (Å²) in [5, 5.41) is 3.74. The quantitative estimate of drug-likeness (QED) is 0.455. The topological polar surface area (TPSA) is 42.0 Å². The maximum atomic E-state index is 11.7. The van der Waals surface area contributed by atoms with Gasteiger partial charge in [0, 0.05) is 12.6 Å². The van der Waals surface area contributed by atoms with Crippen molar-refractivity contribution in [2.24, 2.45) is 11.8 Å². The van der Waals surface area contributed by atoms with Gasteiger partial charge in [-0.3, -0.25) is 4.79 Å². The average molecular weight is 353 g/mol. The number of carbonyl (C=O) groups is 1. The van der Waals surface area contributed by atoms with Crippen molar-refractivity contribution in [2.75, 3.05) is 6.54 Å². The van der Waals surface area contributed by atoms with Crippen LogP contribution in [0.2, 0.25) is 10.3 Å².